The van der Waals surface area contributed by atoms with E-state index in [2.05, 4.69) is 13.2 Å². The van der Waals surface area contributed by atoms with Crippen molar-refractivity contribution in [2.24, 2.45) is 0 Å². The van der Waals surface area contributed by atoms with Gasteiger partial charge in [0.15, 0.2) is 0 Å². The minimum atomic E-state index is -0.942. The molecule has 0 rings (SSSR count). The van der Waals surface area contributed by atoms with E-state index in [-0.39, 0.29) is 0 Å². The minimum Gasteiger partial charge on any atom is -0.255 e. The summed E-state index contributed by atoms with van der Waals surface area (Å²) in [7, 11) is -0.942. The molecule has 0 aromatic carbocycles. The van der Waals surface area contributed by atoms with Gasteiger partial charge in [-0.05, 0) is 13.0 Å². The molecule has 0 fully saturated rings. The second-order valence-corrected chi connectivity index (χ2v) is 3.43. The van der Waals surface area contributed by atoms with Crippen LogP contribution in [0.1, 0.15) is 20.8 Å². The van der Waals surface area contributed by atoms with Crippen molar-refractivity contribution in [3.05, 3.63) is 35.8 Å². The quantitative estimate of drug-likeness (QED) is 0.619. The first-order valence-corrected chi connectivity index (χ1v) is 5.46. The van der Waals surface area contributed by atoms with Crippen LogP contribution in [0.15, 0.2) is 35.8 Å². The van der Waals surface area contributed by atoms with E-state index >= 15 is 0 Å². The Bertz CT molecular complexity index is 202. The summed E-state index contributed by atoms with van der Waals surface area (Å²) >= 11 is 0. The Hall–Kier alpha value is -0.630. The molecule has 1 atom stereocenters. The average Bonchev–Trinajstić information content (AvgIpc) is 2.03. The first-order valence-electron chi connectivity index (χ1n) is 3.91. The summed E-state index contributed by atoms with van der Waals surface area (Å²) in [4.78, 5) is 0.729. The Labute approximate surface area is 78.3 Å². The molecule has 0 aromatic rings. The monoisotopic (exact) mass is 186 g/mol. The van der Waals surface area contributed by atoms with E-state index in [1.165, 1.54) is 0 Å². The topological polar surface area (TPSA) is 17.1 Å². The van der Waals surface area contributed by atoms with E-state index in [0.29, 0.717) is 0 Å². The van der Waals surface area contributed by atoms with Crippen molar-refractivity contribution in [2.75, 3.05) is 6.26 Å². The molecule has 0 N–H and O–H groups in total. The standard InChI is InChI=1S/C8H12OS.C2H6/c1-5-8(10(4)9)6-7(2)3;1-2/h5-6H,1-2H2,3-4H3;1-2H3/b8-6+;. The van der Waals surface area contributed by atoms with Crippen molar-refractivity contribution in [1.82, 2.24) is 0 Å². The van der Waals surface area contributed by atoms with Gasteiger partial charge in [-0.1, -0.05) is 38.7 Å². The highest BCUT2D eigenvalue weighted by molar-refractivity contribution is 7.88. The zero-order valence-corrected chi connectivity index (χ0v) is 9.20. The summed E-state index contributed by atoms with van der Waals surface area (Å²) in [5.41, 5.74) is 0.894. The molecule has 1 nitrogen and oxygen atoms in total. The summed E-state index contributed by atoms with van der Waals surface area (Å²) in [6, 6.07) is 0. The molecule has 0 aliphatic rings. The van der Waals surface area contributed by atoms with Gasteiger partial charge in [-0.3, -0.25) is 4.21 Å². The minimum absolute atomic E-state index is 0.729. The van der Waals surface area contributed by atoms with E-state index in [1.807, 2.05) is 20.8 Å². The number of rotatable bonds is 3. The third-order valence-electron chi connectivity index (χ3n) is 0.922. The molecule has 0 aromatic heterocycles. The lowest BCUT2D eigenvalue weighted by Gasteiger charge is -1.94. The maximum atomic E-state index is 10.8. The highest BCUT2D eigenvalue weighted by Gasteiger charge is 1.93. The summed E-state index contributed by atoms with van der Waals surface area (Å²) in [6.45, 7) is 13.1. The van der Waals surface area contributed by atoms with E-state index in [4.69, 9.17) is 0 Å². The molecule has 0 heterocycles. The fourth-order valence-corrected chi connectivity index (χ4v) is 1.10. The molecule has 2 heteroatoms. The van der Waals surface area contributed by atoms with Crippen molar-refractivity contribution in [2.45, 2.75) is 20.8 Å². The highest BCUT2D eigenvalue weighted by Crippen LogP contribution is 2.04. The van der Waals surface area contributed by atoms with Crippen LogP contribution in [0.3, 0.4) is 0 Å². The molecular weight excluding hydrogens is 168 g/mol. The predicted octanol–water partition coefficient (Wildman–Crippen LogP) is 3.04. The lowest BCUT2D eigenvalue weighted by molar-refractivity contribution is 0.690. The summed E-state index contributed by atoms with van der Waals surface area (Å²) in [6.07, 6.45) is 4.98. The molecular formula is C10H18OS. The first-order chi connectivity index (χ1) is 5.57. The summed E-state index contributed by atoms with van der Waals surface area (Å²) < 4.78 is 10.8. The molecule has 0 bridgehead atoms. The van der Waals surface area contributed by atoms with Gasteiger partial charge < -0.3 is 0 Å². The third-order valence-corrected chi connectivity index (χ3v) is 1.87. The van der Waals surface area contributed by atoms with E-state index in [1.54, 1.807) is 18.4 Å². The largest absolute Gasteiger partial charge is 0.255 e. The fourth-order valence-electron chi connectivity index (χ4n) is 0.502. The van der Waals surface area contributed by atoms with Gasteiger partial charge in [0.2, 0.25) is 0 Å². The van der Waals surface area contributed by atoms with Gasteiger partial charge in [-0.2, -0.15) is 0 Å². The van der Waals surface area contributed by atoms with E-state index in [9.17, 15) is 4.21 Å². The molecule has 0 aliphatic carbocycles. The highest BCUT2D eigenvalue weighted by atomic mass is 32.2. The Balaban J connectivity index is 0. The number of hydrogen-bond donors (Lipinski definition) is 0. The van der Waals surface area contributed by atoms with Gasteiger partial charge in [0, 0.05) is 22.0 Å². The number of allylic oxidation sites excluding steroid dienone is 3. The van der Waals surface area contributed by atoms with Crippen LogP contribution in [0.25, 0.3) is 0 Å². The van der Waals surface area contributed by atoms with Crippen LogP contribution < -0.4 is 0 Å². The normalized spacial score (nSPS) is 12.5. The van der Waals surface area contributed by atoms with E-state index in [0.717, 1.165) is 10.5 Å². The van der Waals surface area contributed by atoms with Gasteiger partial charge in [0.25, 0.3) is 0 Å². The van der Waals surface area contributed by atoms with Crippen LogP contribution in [-0.2, 0) is 10.8 Å². The number of hydrogen-bond acceptors (Lipinski definition) is 1. The summed E-state index contributed by atoms with van der Waals surface area (Å²) in [5.74, 6) is 0. The van der Waals surface area contributed by atoms with Crippen molar-refractivity contribution < 1.29 is 4.21 Å². The molecule has 12 heavy (non-hydrogen) atoms. The zero-order chi connectivity index (χ0) is 10.1. The first kappa shape index (κ1) is 13.9. The lowest BCUT2D eigenvalue weighted by atomic mass is 10.3. The Morgan fingerprint density at radius 3 is 1.92 bits per heavy atom. The fraction of sp³-hybridized carbons (Fsp3) is 0.400. The lowest BCUT2D eigenvalue weighted by Crippen LogP contribution is -1.87. The SMILES string of the molecule is C=C/C(=C\C(=C)C)S(C)=O.CC. The van der Waals surface area contributed by atoms with Crippen molar-refractivity contribution in [1.29, 1.82) is 0 Å². The van der Waals surface area contributed by atoms with Crippen LogP contribution in [0, 0.1) is 0 Å². The Morgan fingerprint density at radius 2 is 1.83 bits per heavy atom. The van der Waals surface area contributed by atoms with Crippen LogP contribution in [0.2, 0.25) is 0 Å². The van der Waals surface area contributed by atoms with Crippen LogP contribution in [0.5, 0.6) is 0 Å². The second kappa shape index (κ2) is 8.47. The molecule has 0 spiro atoms. The Morgan fingerprint density at radius 1 is 1.42 bits per heavy atom. The molecule has 0 saturated carbocycles. The zero-order valence-electron chi connectivity index (χ0n) is 8.39. The van der Waals surface area contributed by atoms with Crippen molar-refractivity contribution >= 4 is 10.8 Å². The smallest absolute Gasteiger partial charge is 0.0497 e. The molecule has 1 unspecified atom stereocenters. The van der Waals surface area contributed by atoms with E-state index < -0.39 is 10.8 Å². The average molecular weight is 186 g/mol. The molecule has 0 amide bonds. The van der Waals surface area contributed by atoms with Crippen molar-refractivity contribution in [3.8, 4) is 0 Å². The maximum absolute atomic E-state index is 10.8. The maximum Gasteiger partial charge on any atom is 0.0497 e. The molecule has 0 radical (unpaired) electrons. The van der Waals surface area contributed by atoms with Gasteiger partial charge in [0.1, 0.15) is 0 Å². The van der Waals surface area contributed by atoms with Gasteiger partial charge in [0.05, 0.1) is 0 Å². The molecule has 0 aliphatic heterocycles. The van der Waals surface area contributed by atoms with Gasteiger partial charge >= 0.3 is 0 Å². The third kappa shape index (κ3) is 7.48. The van der Waals surface area contributed by atoms with Gasteiger partial charge in [-0.15, -0.1) is 0 Å². The van der Waals surface area contributed by atoms with Gasteiger partial charge in [-0.25, -0.2) is 0 Å². The predicted molar refractivity (Wildman–Crippen MR) is 58.5 cm³/mol. The van der Waals surface area contributed by atoms with Crippen LogP contribution in [0.4, 0.5) is 0 Å². The van der Waals surface area contributed by atoms with Crippen LogP contribution >= 0.6 is 0 Å². The molecule has 70 valence electrons. The molecule has 0 saturated heterocycles. The second-order valence-electron chi connectivity index (χ2n) is 2.05. The van der Waals surface area contributed by atoms with Crippen molar-refractivity contribution in [3.63, 3.8) is 0 Å². The summed E-state index contributed by atoms with van der Waals surface area (Å²) in [5, 5.41) is 0. The van der Waals surface area contributed by atoms with Crippen LogP contribution in [-0.4, -0.2) is 10.5 Å². The Kier molecular flexibility index (Phi) is 9.83.